The molecule has 8 atom stereocenters. The second-order valence-corrected chi connectivity index (χ2v) is 10.9. The average molecular weight is 435 g/mol. The van der Waals surface area contributed by atoms with Crippen LogP contribution in [0.25, 0.3) is 0 Å². The van der Waals surface area contributed by atoms with Crippen LogP contribution in [-0.2, 0) is 19.1 Å². The topological polar surface area (TPSA) is 93.1 Å². The average Bonchev–Trinajstić information content (AvgIpc) is 3.09. The highest BCUT2D eigenvalue weighted by Crippen LogP contribution is 2.72. The Labute approximate surface area is 181 Å². The molecule has 3 saturated carbocycles. The summed E-state index contributed by atoms with van der Waals surface area (Å²) >= 11 is 0. The number of aliphatic hydroxyl groups is 2. The Morgan fingerprint density at radius 3 is 2.65 bits per heavy atom. The molecule has 0 amide bonds. The number of aliphatic hydroxyl groups excluding tert-OH is 2. The highest BCUT2D eigenvalue weighted by atomic mass is 19.1. The van der Waals surface area contributed by atoms with Gasteiger partial charge in [-0.3, -0.25) is 9.59 Å². The molecule has 0 radical (unpaired) electrons. The van der Waals surface area contributed by atoms with E-state index in [4.69, 9.17) is 9.47 Å². The van der Waals surface area contributed by atoms with Crippen molar-refractivity contribution in [3.05, 3.63) is 23.8 Å². The van der Waals surface area contributed by atoms with Crippen molar-refractivity contribution in [2.45, 2.75) is 82.6 Å². The molecular weight excluding hydrogens is 403 g/mol. The smallest absolute Gasteiger partial charge is 0.193 e. The Bertz CT molecular complexity index is 925. The lowest BCUT2D eigenvalue weighted by molar-refractivity contribution is -0.246. The monoisotopic (exact) mass is 434 g/mol. The minimum absolute atomic E-state index is 0.0109. The molecule has 0 aromatic heterocycles. The molecular formula is C24H31FO6. The molecule has 1 heterocycles. The number of ether oxygens (including phenoxy) is 2. The molecule has 0 bridgehead atoms. The zero-order valence-corrected chi connectivity index (χ0v) is 18.5. The highest BCUT2D eigenvalue weighted by Gasteiger charge is 2.79. The van der Waals surface area contributed by atoms with Crippen LogP contribution in [-0.4, -0.2) is 57.7 Å². The van der Waals surface area contributed by atoms with Crippen molar-refractivity contribution in [3.8, 4) is 0 Å². The molecule has 1 unspecified atom stereocenters. The van der Waals surface area contributed by atoms with Crippen molar-refractivity contribution < 1.29 is 33.7 Å². The van der Waals surface area contributed by atoms with Crippen LogP contribution < -0.4 is 0 Å². The Balaban J connectivity index is 1.64. The fourth-order valence-electron chi connectivity index (χ4n) is 7.93. The molecule has 0 aromatic carbocycles. The van der Waals surface area contributed by atoms with Gasteiger partial charge < -0.3 is 19.7 Å². The van der Waals surface area contributed by atoms with Gasteiger partial charge in [0.25, 0.3) is 0 Å². The predicted octanol–water partition coefficient (Wildman–Crippen LogP) is 2.42. The number of halogens is 1. The van der Waals surface area contributed by atoms with Crippen LogP contribution in [0.1, 0.15) is 53.4 Å². The Morgan fingerprint density at radius 1 is 1.26 bits per heavy atom. The van der Waals surface area contributed by atoms with Crippen LogP contribution in [0.4, 0.5) is 4.39 Å². The SMILES string of the molecule is CC1(C)OC2C[C@H]3[C@@H]4CCC5=CC(=O)C=C[C@]5(C)[C@@]4(F)[C@@H](O)C[C@]3(C)[C@]2(C(=O)CO)O1. The third-order valence-corrected chi connectivity index (χ3v) is 9.19. The van der Waals surface area contributed by atoms with E-state index in [1.54, 1.807) is 26.8 Å². The van der Waals surface area contributed by atoms with Gasteiger partial charge in [0.2, 0.25) is 0 Å². The van der Waals surface area contributed by atoms with Crippen LogP contribution in [0.3, 0.4) is 0 Å². The number of hydrogen-bond acceptors (Lipinski definition) is 6. The van der Waals surface area contributed by atoms with Crippen molar-refractivity contribution in [1.29, 1.82) is 0 Å². The number of ketones is 2. The Hall–Kier alpha value is -1.41. The number of Topliss-reactive ketones (excluding diaryl/α,β-unsaturated/α-hetero) is 1. The van der Waals surface area contributed by atoms with E-state index in [1.807, 2.05) is 6.92 Å². The number of allylic oxidation sites excluding steroid dienone is 4. The summed E-state index contributed by atoms with van der Waals surface area (Å²) in [6, 6.07) is 0. The predicted molar refractivity (Wildman–Crippen MR) is 109 cm³/mol. The number of rotatable bonds is 2. The van der Waals surface area contributed by atoms with E-state index in [2.05, 4.69) is 0 Å². The molecule has 1 aliphatic heterocycles. The quantitative estimate of drug-likeness (QED) is 0.694. The van der Waals surface area contributed by atoms with Crippen LogP contribution in [0.2, 0.25) is 0 Å². The van der Waals surface area contributed by atoms with Crippen LogP contribution >= 0.6 is 0 Å². The van der Waals surface area contributed by atoms with E-state index in [-0.39, 0.29) is 18.1 Å². The van der Waals surface area contributed by atoms with E-state index < -0.39 is 58.4 Å². The molecule has 4 aliphatic carbocycles. The first kappa shape index (κ1) is 21.4. The van der Waals surface area contributed by atoms with Crippen molar-refractivity contribution in [3.63, 3.8) is 0 Å². The first-order valence-electron chi connectivity index (χ1n) is 11.2. The van der Waals surface area contributed by atoms with Crippen molar-refractivity contribution in [1.82, 2.24) is 0 Å². The zero-order valence-electron chi connectivity index (χ0n) is 18.5. The standard InChI is InChI=1S/C24H31FO6/c1-20(2)30-19-10-16-15-6-5-13-9-14(27)7-8-21(13,3)23(15,25)17(28)11-22(16,4)24(19,31-20)18(29)12-26/h7-9,15-17,19,26,28H,5-6,10-12H2,1-4H3/t15-,16-,17-,19?,21-,22-,23-,24+/m0/s1. The van der Waals surface area contributed by atoms with Crippen molar-refractivity contribution in [2.24, 2.45) is 22.7 Å². The molecule has 31 heavy (non-hydrogen) atoms. The number of alkyl halides is 1. The maximum absolute atomic E-state index is 17.1. The summed E-state index contributed by atoms with van der Waals surface area (Å²) in [6.07, 6.45) is 4.00. The molecule has 0 spiro atoms. The number of carbonyl (C=O) groups excluding carboxylic acids is 2. The summed E-state index contributed by atoms with van der Waals surface area (Å²) in [5, 5.41) is 21.2. The van der Waals surface area contributed by atoms with Crippen LogP contribution in [0.15, 0.2) is 23.8 Å². The fourth-order valence-corrected chi connectivity index (χ4v) is 7.93. The zero-order chi connectivity index (χ0) is 22.6. The normalized spacial score (nSPS) is 52.1. The number of carbonyl (C=O) groups is 2. The molecule has 5 aliphatic rings. The van der Waals surface area contributed by atoms with Crippen molar-refractivity contribution >= 4 is 11.6 Å². The summed E-state index contributed by atoms with van der Waals surface area (Å²) in [4.78, 5) is 25.1. The molecule has 6 nitrogen and oxygen atoms in total. The number of fused-ring (bicyclic) bond motifs is 7. The van der Waals surface area contributed by atoms with Gasteiger partial charge in [-0.05, 0) is 64.5 Å². The molecule has 5 rings (SSSR count). The minimum Gasteiger partial charge on any atom is -0.390 e. The van der Waals surface area contributed by atoms with E-state index in [0.717, 1.165) is 5.57 Å². The van der Waals surface area contributed by atoms with Gasteiger partial charge in [0.15, 0.2) is 28.6 Å². The summed E-state index contributed by atoms with van der Waals surface area (Å²) in [5.74, 6) is -2.46. The Morgan fingerprint density at radius 2 is 1.97 bits per heavy atom. The maximum Gasteiger partial charge on any atom is 0.193 e. The first-order chi connectivity index (χ1) is 14.4. The van der Waals surface area contributed by atoms with Gasteiger partial charge in [-0.1, -0.05) is 18.6 Å². The summed E-state index contributed by atoms with van der Waals surface area (Å²) in [7, 11) is 0. The minimum atomic E-state index is -1.98. The van der Waals surface area contributed by atoms with Gasteiger partial charge in [0.05, 0.1) is 12.2 Å². The molecule has 7 heteroatoms. The van der Waals surface area contributed by atoms with Gasteiger partial charge in [-0.15, -0.1) is 0 Å². The largest absolute Gasteiger partial charge is 0.390 e. The molecule has 2 N–H and O–H groups in total. The second-order valence-electron chi connectivity index (χ2n) is 10.9. The van der Waals surface area contributed by atoms with Crippen LogP contribution in [0.5, 0.6) is 0 Å². The summed E-state index contributed by atoms with van der Waals surface area (Å²) in [6.45, 7) is 6.41. The maximum atomic E-state index is 17.1. The second kappa shape index (κ2) is 6.13. The van der Waals surface area contributed by atoms with Gasteiger partial charge in [-0.25, -0.2) is 4.39 Å². The third-order valence-electron chi connectivity index (χ3n) is 9.19. The molecule has 1 saturated heterocycles. The lowest BCUT2D eigenvalue weighted by Crippen LogP contribution is -2.70. The summed E-state index contributed by atoms with van der Waals surface area (Å²) in [5.41, 5.74) is -4.66. The van der Waals surface area contributed by atoms with Crippen LogP contribution in [0, 0.1) is 22.7 Å². The van der Waals surface area contributed by atoms with E-state index in [9.17, 15) is 19.8 Å². The van der Waals surface area contributed by atoms with E-state index in [0.29, 0.717) is 19.3 Å². The lowest BCUT2D eigenvalue weighted by Gasteiger charge is -2.62. The molecule has 4 fully saturated rings. The Kier molecular flexibility index (Phi) is 4.24. The molecule has 170 valence electrons. The van der Waals surface area contributed by atoms with E-state index >= 15 is 4.39 Å². The summed E-state index contributed by atoms with van der Waals surface area (Å²) < 4.78 is 29.5. The first-order valence-corrected chi connectivity index (χ1v) is 11.2. The lowest BCUT2D eigenvalue weighted by atomic mass is 9.44. The number of hydrogen-bond donors (Lipinski definition) is 2. The fraction of sp³-hybridized carbons (Fsp3) is 0.750. The van der Waals surface area contributed by atoms with Gasteiger partial charge in [0.1, 0.15) is 6.61 Å². The third kappa shape index (κ3) is 2.31. The van der Waals surface area contributed by atoms with Gasteiger partial charge >= 0.3 is 0 Å². The molecule has 0 aromatic rings. The van der Waals surface area contributed by atoms with E-state index in [1.165, 1.54) is 12.2 Å². The highest BCUT2D eigenvalue weighted by molar-refractivity contribution is 6.01. The van der Waals surface area contributed by atoms with Gasteiger partial charge in [-0.2, -0.15) is 0 Å². The van der Waals surface area contributed by atoms with Gasteiger partial charge in [0, 0.05) is 16.7 Å². The van der Waals surface area contributed by atoms with Crippen molar-refractivity contribution in [2.75, 3.05) is 6.61 Å².